The largest absolute Gasteiger partial charge is 0.370 e. The highest BCUT2D eigenvalue weighted by Gasteiger charge is 2.28. The highest BCUT2D eigenvalue weighted by Crippen LogP contribution is 2.23. The molecule has 1 fully saturated rings. The van der Waals surface area contributed by atoms with Crippen LogP contribution in [0.3, 0.4) is 0 Å². The molecule has 0 bridgehead atoms. The first-order valence-corrected chi connectivity index (χ1v) is 8.13. The molecule has 0 radical (unpaired) electrons. The Morgan fingerprint density at radius 1 is 1.44 bits per heavy atom. The van der Waals surface area contributed by atoms with Gasteiger partial charge in [-0.1, -0.05) is 6.42 Å². The molecule has 3 N–H and O–H groups in total. The van der Waals surface area contributed by atoms with Crippen molar-refractivity contribution in [3.8, 4) is 0 Å². The van der Waals surface area contributed by atoms with Gasteiger partial charge in [-0.2, -0.15) is 0 Å². The van der Waals surface area contributed by atoms with Crippen LogP contribution < -0.4 is 11.1 Å². The van der Waals surface area contributed by atoms with E-state index < -0.39 is 15.7 Å². The van der Waals surface area contributed by atoms with Crippen LogP contribution in [0, 0.1) is 0 Å². The van der Waals surface area contributed by atoms with Crippen molar-refractivity contribution in [3.05, 3.63) is 0 Å². The molecule has 1 aliphatic rings. The molecule has 0 saturated heterocycles. The van der Waals surface area contributed by atoms with Crippen LogP contribution in [0.1, 0.15) is 25.7 Å². The van der Waals surface area contributed by atoms with Gasteiger partial charge in [0.2, 0.25) is 5.91 Å². The second-order valence-corrected chi connectivity index (χ2v) is 7.11. The third-order valence-corrected chi connectivity index (χ3v) is 4.79. The van der Waals surface area contributed by atoms with Gasteiger partial charge in [-0.3, -0.25) is 4.79 Å². The summed E-state index contributed by atoms with van der Waals surface area (Å²) >= 11 is 0. The van der Waals surface area contributed by atoms with Crippen LogP contribution >= 0.6 is 0 Å². The molecule has 2 unspecified atom stereocenters. The number of sulfone groups is 1. The standard InChI is InChI=1S/C11H22N2O4S/c1-18(15,16)10-4-2-3-9(7-10)13-5-6-17-8-11(12)14/h9-10,13H,2-8H2,1H3,(H2,12,14). The molecule has 0 aromatic carbocycles. The number of carbonyl (C=O) groups is 1. The molecule has 106 valence electrons. The number of carbonyl (C=O) groups excluding carboxylic acids is 1. The van der Waals surface area contributed by atoms with Crippen LogP contribution in [0.15, 0.2) is 0 Å². The van der Waals surface area contributed by atoms with E-state index in [2.05, 4.69) is 5.32 Å². The summed E-state index contributed by atoms with van der Waals surface area (Å²) in [4.78, 5) is 10.4. The van der Waals surface area contributed by atoms with Crippen molar-refractivity contribution in [1.82, 2.24) is 5.32 Å². The topological polar surface area (TPSA) is 98.5 Å². The minimum atomic E-state index is -2.94. The summed E-state index contributed by atoms with van der Waals surface area (Å²) in [5.74, 6) is -0.482. The van der Waals surface area contributed by atoms with Gasteiger partial charge in [-0.05, 0) is 19.3 Å². The van der Waals surface area contributed by atoms with Crippen molar-refractivity contribution in [2.75, 3.05) is 26.0 Å². The number of hydrogen-bond acceptors (Lipinski definition) is 5. The van der Waals surface area contributed by atoms with Crippen LogP contribution in [0.5, 0.6) is 0 Å². The lowest BCUT2D eigenvalue weighted by atomic mass is 9.95. The van der Waals surface area contributed by atoms with Gasteiger partial charge in [0.15, 0.2) is 0 Å². The first-order valence-electron chi connectivity index (χ1n) is 6.18. The first kappa shape index (κ1) is 15.4. The van der Waals surface area contributed by atoms with Gasteiger partial charge in [0.25, 0.3) is 0 Å². The Balaban J connectivity index is 2.21. The Hall–Kier alpha value is -0.660. The van der Waals surface area contributed by atoms with Crippen LogP contribution in [-0.2, 0) is 19.4 Å². The van der Waals surface area contributed by atoms with Crippen molar-refractivity contribution in [1.29, 1.82) is 0 Å². The maximum absolute atomic E-state index is 11.5. The molecule has 0 spiro atoms. The summed E-state index contributed by atoms with van der Waals surface area (Å²) < 4.78 is 28.0. The first-order chi connectivity index (χ1) is 8.39. The molecule has 1 rings (SSSR count). The highest BCUT2D eigenvalue weighted by molar-refractivity contribution is 7.91. The molecule has 1 aliphatic carbocycles. The molecule has 18 heavy (non-hydrogen) atoms. The highest BCUT2D eigenvalue weighted by atomic mass is 32.2. The molecular weight excluding hydrogens is 256 g/mol. The molecule has 0 aromatic heterocycles. The van der Waals surface area contributed by atoms with Crippen molar-refractivity contribution in [2.45, 2.75) is 37.0 Å². The molecule has 6 nitrogen and oxygen atoms in total. The van der Waals surface area contributed by atoms with Gasteiger partial charge in [-0.15, -0.1) is 0 Å². The van der Waals surface area contributed by atoms with E-state index in [0.29, 0.717) is 19.6 Å². The maximum atomic E-state index is 11.5. The molecular formula is C11H22N2O4S. The van der Waals surface area contributed by atoms with E-state index in [0.717, 1.165) is 19.3 Å². The zero-order chi connectivity index (χ0) is 13.6. The van der Waals surface area contributed by atoms with E-state index in [1.54, 1.807) is 0 Å². The maximum Gasteiger partial charge on any atom is 0.243 e. The Bertz CT molecular complexity index is 369. The Morgan fingerprint density at radius 3 is 2.78 bits per heavy atom. The van der Waals surface area contributed by atoms with E-state index in [-0.39, 0.29) is 17.9 Å². The van der Waals surface area contributed by atoms with Gasteiger partial charge < -0.3 is 15.8 Å². The number of primary amides is 1. The van der Waals surface area contributed by atoms with Gasteiger partial charge >= 0.3 is 0 Å². The fraction of sp³-hybridized carbons (Fsp3) is 0.909. The summed E-state index contributed by atoms with van der Waals surface area (Å²) in [7, 11) is -2.94. The van der Waals surface area contributed by atoms with E-state index in [1.807, 2.05) is 0 Å². The minimum absolute atomic E-state index is 0.0711. The second-order valence-electron chi connectivity index (χ2n) is 4.79. The Labute approximate surface area is 108 Å². The molecule has 0 heterocycles. The number of amides is 1. The predicted octanol–water partition coefficient (Wildman–Crippen LogP) is -0.566. The summed E-state index contributed by atoms with van der Waals surface area (Å²) in [5, 5.41) is 3.03. The molecule has 0 aromatic rings. The zero-order valence-electron chi connectivity index (χ0n) is 10.7. The van der Waals surface area contributed by atoms with Crippen molar-refractivity contribution >= 4 is 15.7 Å². The lowest BCUT2D eigenvalue weighted by molar-refractivity contribution is -0.122. The summed E-state index contributed by atoms with van der Waals surface area (Å²) in [6, 6.07) is 0.218. The summed E-state index contributed by atoms with van der Waals surface area (Å²) in [6.07, 6.45) is 4.64. The predicted molar refractivity (Wildman–Crippen MR) is 68.9 cm³/mol. The Kier molecular flexibility index (Phi) is 6.04. The van der Waals surface area contributed by atoms with Crippen LogP contribution in [-0.4, -0.2) is 51.6 Å². The normalized spacial score (nSPS) is 24.9. The summed E-state index contributed by atoms with van der Waals surface area (Å²) in [6.45, 7) is 0.940. The van der Waals surface area contributed by atoms with E-state index in [1.165, 1.54) is 6.26 Å². The quantitative estimate of drug-likeness (QED) is 0.608. The van der Waals surface area contributed by atoms with Crippen molar-refractivity contribution in [3.63, 3.8) is 0 Å². The van der Waals surface area contributed by atoms with Gasteiger partial charge in [0, 0.05) is 18.8 Å². The van der Waals surface area contributed by atoms with Crippen LogP contribution in [0.2, 0.25) is 0 Å². The fourth-order valence-corrected chi connectivity index (χ4v) is 3.40. The number of nitrogens with two attached hydrogens (primary N) is 1. The lowest BCUT2D eigenvalue weighted by Crippen LogP contribution is -2.40. The average molecular weight is 278 g/mol. The van der Waals surface area contributed by atoms with Crippen molar-refractivity contribution < 1.29 is 17.9 Å². The smallest absolute Gasteiger partial charge is 0.243 e. The van der Waals surface area contributed by atoms with Gasteiger partial charge in [-0.25, -0.2) is 8.42 Å². The number of nitrogens with one attached hydrogen (secondary N) is 1. The van der Waals surface area contributed by atoms with E-state index >= 15 is 0 Å². The SMILES string of the molecule is CS(=O)(=O)C1CCCC(NCCOCC(N)=O)C1. The number of hydrogen-bond donors (Lipinski definition) is 2. The third kappa shape index (κ3) is 5.79. The van der Waals surface area contributed by atoms with Crippen LogP contribution in [0.25, 0.3) is 0 Å². The fourth-order valence-electron chi connectivity index (χ4n) is 2.23. The van der Waals surface area contributed by atoms with Gasteiger partial charge in [0.05, 0.1) is 11.9 Å². The lowest BCUT2D eigenvalue weighted by Gasteiger charge is -2.28. The molecule has 1 amide bonds. The van der Waals surface area contributed by atoms with Crippen LogP contribution in [0.4, 0.5) is 0 Å². The van der Waals surface area contributed by atoms with Crippen molar-refractivity contribution in [2.24, 2.45) is 5.73 Å². The Morgan fingerprint density at radius 2 is 2.17 bits per heavy atom. The molecule has 0 aliphatic heterocycles. The molecule has 7 heteroatoms. The van der Waals surface area contributed by atoms with E-state index in [9.17, 15) is 13.2 Å². The summed E-state index contributed by atoms with van der Waals surface area (Å²) in [5.41, 5.74) is 4.93. The molecule has 2 atom stereocenters. The zero-order valence-corrected chi connectivity index (χ0v) is 11.5. The third-order valence-electron chi connectivity index (χ3n) is 3.16. The second kappa shape index (κ2) is 7.06. The molecule has 1 saturated carbocycles. The average Bonchev–Trinajstić information content (AvgIpc) is 2.27. The monoisotopic (exact) mass is 278 g/mol. The van der Waals surface area contributed by atoms with Gasteiger partial charge in [0.1, 0.15) is 16.4 Å². The number of ether oxygens (including phenoxy) is 1. The number of rotatable bonds is 7. The van der Waals surface area contributed by atoms with E-state index in [4.69, 9.17) is 10.5 Å². The minimum Gasteiger partial charge on any atom is -0.370 e.